The molecule has 14 heavy (non-hydrogen) atoms. The molecule has 0 unspecified atom stereocenters. The quantitative estimate of drug-likeness (QED) is 0.767. The van der Waals surface area contributed by atoms with Crippen molar-refractivity contribution in [2.75, 3.05) is 11.5 Å². The smallest absolute Gasteiger partial charge is 0.181 e. The summed E-state index contributed by atoms with van der Waals surface area (Å²) in [5, 5.41) is 0.621. The van der Waals surface area contributed by atoms with E-state index in [0.29, 0.717) is 5.13 Å². The van der Waals surface area contributed by atoms with Gasteiger partial charge < -0.3 is 5.73 Å². The first-order chi connectivity index (χ1) is 6.79. The van der Waals surface area contributed by atoms with Crippen LogP contribution in [0, 0.1) is 0 Å². The maximum atomic E-state index is 5.62. The van der Waals surface area contributed by atoms with Gasteiger partial charge >= 0.3 is 0 Å². The third-order valence-corrected chi connectivity index (χ3v) is 2.92. The van der Waals surface area contributed by atoms with Crippen molar-refractivity contribution in [3.05, 3.63) is 29.8 Å². The SMILES string of the molecule is Nc1nc2cc(C=CCS)ccc2s1. The molecule has 2 nitrogen and oxygen atoms in total. The standard InChI is InChI=1S/C10H10N2S2/c11-10-12-8-6-7(2-1-5-13)3-4-9(8)14-10/h1-4,6,13H,5H2,(H2,11,12). The molecule has 0 saturated carbocycles. The first-order valence-electron chi connectivity index (χ1n) is 4.23. The average molecular weight is 222 g/mol. The number of thiol groups is 1. The van der Waals surface area contributed by atoms with E-state index in [9.17, 15) is 0 Å². The molecule has 1 heterocycles. The average Bonchev–Trinajstić information content (AvgIpc) is 2.54. The summed E-state index contributed by atoms with van der Waals surface area (Å²) in [6, 6.07) is 6.13. The number of nitrogens with two attached hydrogens (primary N) is 1. The van der Waals surface area contributed by atoms with Crippen LogP contribution < -0.4 is 5.73 Å². The zero-order valence-corrected chi connectivity index (χ0v) is 9.18. The molecule has 0 aliphatic heterocycles. The minimum absolute atomic E-state index is 0.621. The number of hydrogen-bond donors (Lipinski definition) is 2. The normalized spacial score (nSPS) is 11.5. The highest BCUT2D eigenvalue weighted by Crippen LogP contribution is 2.24. The van der Waals surface area contributed by atoms with E-state index < -0.39 is 0 Å². The molecular weight excluding hydrogens is 212 g/mol. The molecule has 0 aliphatic carbocycles. The Balaban J connectivity index is 2.45. The van der Waals surface area contributed by atoms with Gasteiger partial charge in [-0.05, 0) is 17.7 Å². The van der Waals surface area contributed by atoms with Gasteiger partial charge in [-0.15, -0.1) is 0 Å². The van der Waals surface area contributed by atoms with E-state index in [-0.39, 0.29) is 0 Å². The zero-order valence-electron chi connectivity index (χ0n) is 7.47. The maximum Gasteiger partial charge on any atom is 0.181 e. The van der Waals surface area contributed by atoms with Crippen molar-refractivity contribution in [2.24, 2.45) is 0 Å². The van der Waals surface area contributed by atoms with Gasteiger partial charge in [-0.2, -0.15) is 12.6 Å². The van der Waals surface area contributed by atoms with Gasteiger partial charge in [0.05, 0.1) is 10.2 Å². The van der Waals surface area contributed by atoms with Gasteiger partial charge in [-0.25, -0.2) is 4.98 Å². The van der Waals surface area contributed by atoms with Crippen molar-refractivity contribution in [1.29, 1.82) is 0 Å². The lowest BCUT2D eigenvalue weighted by atomic mass is 10.2. The monoisotopic (exact) mass is 222 g/mol. The molecule has 0 atom stereocenters. The predicted molar refractivity (Wildman–Crippen MR) is 66.9 cm³/mol. The summed E-state index contributed by atoms with van der Waals surface area (Å²) in [5.41, 5.74) is 7.72. The number of anilines is 1. The second-order valence-corrected chi connectivity index (χ2v) is 4.29. The summed E-state index contributed by atoms with van der Waals surface area (Å²) in [7, 11) is 0. The van der Waals surface area contributed by atoms with Gasteiger partial charge in [-0.1, -0.05) is 29.6 Å². The molecule has 1 aromatic carbocycles. The van der Waals surface area contributed by atoms with Gasteiger partial charge in [-0.3, -0.25) is 0 Å². The molecule has 4 heteroatoms. The largest absolute Gasteiger partial charge is 0.375 e. The van der Waals surface area contributed by atoms with Gasteiger partial charge in [0.2, 0.25) is 0 Å². The lowest BCUT2D eigenvalue weighted by molar-refractivity contribution is 1.49. The Morgan fingerprint density at radius 3 is 3.14 bits per heavy atom. The van der Waals surface area contributed by atoms with Crippen LogP contribution in [0.1, 0.15) is 5.56 Å². The van der Waals surface area contributed by atoms with Crippen molar-refractivity contribution in [3.63, 3.8) is 0 Å². The molecule has 0 spiro atoms. The van der Waals surface area contributed by atoms with Crippen LogP contribution in [0.3, 0.4) is 0 Å². The summed E-state index contributed by atoms with van der Waals surface area (Å²) >= 11 is 5.62. The summed E-state index contributed by atoms with van der Waals surface area (Å²) < 4.78 is 1.13. The predicted octanol–water partition coefficient (Wildman–Crippen LogP) is 2.82. The molecule has 1 aromatic heterocycles. The summed E-state index contributed by atoms with van der Waals surface area (Å²) in [6.07, 6.45) is 4.03. The van der Waals surface area contributed by atoms with Crippen LogP contribution >= 0.6 is 24.0 Å². The number of thiazole rings is 1. The molecule has 2 N–H and O–H groups in total. The number of nitrogens with zero attached hydrogens (tertiary/aromatic N) is 1. The highest BCUT2D eigenvalue weighted by Gasteiger charge is 1.99. The van der Waals surface area contributed by atoms with Crippen molar-refractivity contribution >= 4 is 45.4 Å². The Labute approximate surface area is 91.9 Å². The van der Waals surface area contributed by atoms with E-state index in [1.807, 2.05) is 24.3 Å². The van der Waals surface area contributed by atoms with Gasteiger partial charge in [0.25, 0.3) is 0 Å². The third-order valence-electron chi connectivity index (χ3n) is 1.84. The Morgan fingerprint density at radius 2 is 2.36 bits per heavy atom. The zero-order chi connectivity index (χ0) is 9.97. The topological polar surface area (TPSA) is 38.9 Å². The van der Waals surface area contributed by atoms with Gasteiger partial charge in [0.15, 0.2) is 5.13 Å². The highest BCUT2D eigenvalue weighted by molar-refractivity contribution is 7.80. The Hall–Kier alpha value is -1.00. The van der Waals surface area contributed by atoms with Crippen LogP contribution in [-0.2, 0) is 0 Å². The second-order valence-electron chi connectivity index (χ2n) is 2.86. The van der Waals surface area contributed by atoms with Gasteiger partial charge in [0, 0.05) is 5.75 Å². The first-order valence-corrected chi connectivity index (χ1v) is 5.68. The molecule has 2 rings (SSSR count). The number of benzene rings is 1. The second kappa shape index (κ2) is 4.02. The lowest BCUT2D eigenvalue weighted by Gasteiger charge is -1.91. The molecule has 0 amide bonds. The molecule has 72 valence electrons. The Kier molecular flexibility index (Phi) is 2.74. The fraction of sp³-hybridized carbons (Fsp3) is 0.100. The summed E-state index contributed by atoms with van der Waals surface area (Å²) in [4.78, 5) is 4.23. The summed E-state index contributed by atoms with van der Waals surface area (Å²) in [5.74, 6) is 0.747. The van der Waals surface area contributed by atoms with E-state index in [1.54, 1.807) is 0 Å². The fourth-order valence-corrected chi connectivity index (χ4v) is 2.07. The number of rotatable bonds is 2. The van der Waals surface area contributed by atoms with E-state index in [1.165, 1.54) is 11.3 Å². The molecule has 2 aromatic rings. The van der Waals surface area contributed by atoms with Crippen LogP contribution in [0.2, 0.25) is 0 Å². The van der Waals surface area contributed by atoms with E-state index >= 15 is 0 Å². The van der Waals surface area contributed by atoms with Crippen LogP contribution in [0.25, 0.3) is 16.3 Å². The van der Waals surface area contributed by atoms with Crippen LogP contribution in [0.15, 0.2) is 24.3 Å². The van der Waals surface area contributed by atoms with Crippen LogP contribution in [0.5, 0.6) is 0 Å². The number of hydrogen-bond acceptors (Lipinski definition) is 4. The third kappa shape index (κ3) is 1.91. The Bertz CT molecular complexity index is 474. The van der Waals surface area contributed by atoms with Crippen LogP contribution in [0.4, 0.5) is 5.13 Å². The van der Waals surface area contributed by atoms with Crippen molar-refractivity contribution < 1.29 is 0 Å². The molecule has 0 bridgehead atoms. The van der Waals surface area contributed by atoms with E-state index in [4.69, 9.17) is 5.73 Å². The first kappa shape index (κ1) is 9.55. The molecule has 0 fully saturated rings. The van der Waals surface area contributed by atoms with Gasteiger partial charge in [0.1, 0.15) is 0 Å². The number of nitrogen functional groups attached to an aromatic ring is 1. The maximum absolute atomic E-state index is 5.62. The molecule has 0 aliphatic rings. The number of aromatic nitrogens is 1. The van der Waals surface area contributed by atoms with E-state index in [2.05, 4.69) is 23.7 Å². The van der Waals surface area contributed by atoms with Crippen molar-refractivity contribution in [1.82, 2.24) is 4.98 Å². The van der Waals surface area contributed by atoms with E-state index in [0.717, 1.165) is 21.5 Å². The Morgan fingerprint density at radius 1 is 1.50 bits per heavy atom. The summed E-state index contributed by atoms with van der Waals surface area (Å²) in [6.45, 7) is 0. The van der Waals surface area contributed by atoms with Crippen molar-refractivity contribution in [2.45, 2.75) is 0 Å². The fourth-order valence-electron chi connectivity index (χ4n) is 1.25. The molecule has 0 radical (unpaired) electrons. The minimum Gasteiger partial charge on any atom is -0.375 e. The highest BCUT2D eigenvalue weighted by atomic mass is 32.1. The van der Waals surface area contributed by atoms with Crippen molar-refractivity contribution in [3.8, 4) is 0 Å². The number of fused-ring (bicyclic) bond motifs is 1. The molecular formula is C10H10N2S2. The minimum atomic E-state index is 0.621. The van der Waals surface area contributed by atoms with Crippen LogP contribution in [-0.4, -0.2) is 10.7 Å². The lowest BCUT2D eigenvalue weighted by Crippen LogP contribution is -1.79. The molecule has 0 saturated heterocycles.